The molecule has 0 bridgehead atoms. The minimum atomic E-state index is -0.812. The lowest BCUT2D eigenvalue weighted by Gasteiger charge is -2.41. The largest absolute Gasteiger partial charge is 0.381 e. The van der Waals surface area contributed by atoms with Gasteiger partial charge in [-0.1, -0.05) is 17.7 Å². The number of pyridine rings is 1. The third-order valence-electron chi connectivity index (χ3n) is 10.6. The Kier molecular flexibility index (Phi) is 8.51. The first-order chi connectivity index (χ1) is 20.9. The lowest BCUT2D eigenvalue weighted by Crippen LogP contribution is -2.48. The molecule has 3 aliphatic heterocycles. The number of nitrogens with zero attached hydrogens (tertiary/aromatic N) is 4. The molecular formula is C34H41ClF2N4O3. The SMILES string of the molecule is [C-]#[N+]C(C)(C)C1OC2(CCN(C(=O)[C@@H]3CC(N(C)C4CCOCC4)C[C@H]3c3ccc(F)cc3F)CC2)c2nc(C)c(Cl)cc21. The van der Waals surface area contributed by atoms with Gasteiger partial charge in [0.1, 0.15) is 17.2 Å². The van der Waals surface area contributed by atoms with Crippen LogP contribution in [0.3, 0.4) is 0 Å². The maximum Gasteiger partial charge on any atom is 0.256 e. The highest BCUT2D eigenvalue weighted by molar-refractivity contribution is 6.31. The number of benzene rings is 1. The van der Waals surface area contributed by atoms with Crippen molar-refractivity contribution in [1.29, 1.82) is 0 Å². The van der Waals surface area contributed by atoms with Crippen molar-refractivity contribution in [2.75, 3.05) is 33.4 Å². The summed E-state index contributed by atoms with van der Waals surface area (Å²) < 4.78 is 41.4. The number of piperidine rings is 1. The molecule has 1 aliphatic carbocycles. The summed E-state index contributed by atoms with van der Waals surface area (Å²) in [7, 11) is 2.10. The van der Waals surface area contributed by atoms with E-state index >= 15 is 4.39 Å². The average molecular weight is 627 g/mol. The zero-order valence-corrected chi connectivity index (χ0v) is 26.7. The van der Waals surface area contributed by atoms with E-state index in [-0.39, 0.29) is 17.9 Å². The minimum absolute atomic E-state index is 0.00737. The Morgan fingerprint density at radius 1 is 1.14 bits per heavy atom. The van der Waals surface area contributed by atoms with Crippen molar-refractivity contribution in [2.24, 2.45) is 5.92 Å². The second-order valence-corrected chi connectivity index (χ2v) is 14.0. The Labute approximate surface area is 263 Å². The van der Waals surface area contributed by atoms with Crippen LogP contribution in [0.1, 0.15) is 86.9 Å². The third-order valence-corrected chi connectivity index (χ3v) is 11.0. The van der Waals surface area contributed by atoms with Crippen molar-refractivity contribution in [3.63, 3.8) is 0 Å². The van der Waals surface area contributed by atoms with Crippen molar-refractivity contribution in [1.82, 2.24) is 14.8 Å². The Hall–Kier alpha value is -2.64. The number of carbonyl (C=O) groups is 1. The smallest absolute Gasteiger partial charge is 0.256 e. The molecule has 1 spiro atoms. The van der Waals surface area contributed by atoms with Crippen molar-refractivity contribution in [3.05, 3.63) is 74.9 Å². The van der Waals surface area contributed by atoms with Gasteiger partial charge in [0, 0.05) is 69.8 Å². The van der Waals surface area contributed by atoms with E-state index in [1.54, 1.807) is 0 Å². The molecule has 4 aliphatic rings. The van der Waals surface area contributed by atoms with Crippen LogP contribution in [0.2, 0.25) is 5.02 Å². The van der Waals surface area contributed by atoms with E-state index in [1.165, 1.54) is 12.1 Å². The zero-order valence-electron chi connectivity index (χ0n) is 25.9. The highest BCUT2D eigenvalue weighted by atomic mass is 35.5. The molecule has 2 aromatic rings. The maximum atomic E-state index is 15.2. The molecule has 4 heterocycles. The Morgan fingerprint density at radius 3 is 2.50 bits per heavy atom. The van der Waals surface area contributed by atoms with Crippen molar-refractivity contribution >= 4 is 17.5 Å². The van der Waals surface area contributed by atoms with E-state index in [4.69, 9.17) is 32.6 Å². The van der Waals surface area contributed by atoms with E-state index in [0.29, 0.717) is 61.1 Å². The molecule has 4 atom stereocenters. The van der Waals surface area contributed by atoms with Gasteiger partial charge in [0.15, 0.2) is 6.10 Å². The summed E-state index contributed by atoms with van der Waals surface area (Å²) in [5, 5.41) is 0.545. The first kappa shape index (κ1) is 31.3. The monoisotopic (exact) mass is 626 g/mol. The van der Waals surface area contributed by atoms with E-state index in [9.17, 15) is 9.18 Å². The van der Waals surface area contributed by atoms with Gasteiger partial charge >= 0.3 is 0 Å². The van der Waals surface area contributed by atoms with Crippen LogP contribution in [0, 0.1) is 31.0 Å². The van der Waals surface area contributed by atoms with Gasteiger partial charge in [-0.2, -0.15) is 0 Å². The lowest BCUT2D eigenvalue weighted by atomic mass is 9.84. The fraction of sp³-hybridized carbons (Fsp3) is 0.618. The van der Waals surface area contributed by atoms with Gasteiger partial charge in [-0.15, -0.1) is 0 Å². The molecule has 44 heavy (non-hydrogen) atoms. The van der Waals surface area contributed by atoms with Gasteiger partial charge in [-0.05, 0) is 76.1 Å². The normalized spacial score (nSPS) is 27.1. The summed E-state index contributed by atoms with van der Waals surface area (Å²) in [6.07, 6.45) is 3.72. The van der Waals surface area contributed by atoms with E-state index in [1.807, 2.05) is 31.7 Å². The number of aryl methyl sites for hydroxylation is 1. The summed E-state index contributed by atoms with van der Waals surface area (Å²) in [5.41, 5.74) is 1.27. The van der Waals surface area contributed by atoms with E-state index in [0.717, 1.165) is 43.4 Å². The highest BCUT2D eigenvalue weighted by Gasteiger charge is 2.56. The molecule has 1 aromatic heterocycles. The first-order valence-electron chi connectivity index (χ1n) is 15.7. The predicted molar refractivity (Wildman–Crippen MR) is 163 cm³/mol. The van der Waals surface area contributed by atoms with Crippen molar-refractivity contribution in [2.45, 2.75) is 94.5 Å². The molecule has 6 rings (SSSR count). The van der Waals surface area contributed by atoms with Crippen LogP contribution in [0.4, 0.5) is 8.78 Å². The van der Waals surface area contributed by atoms with Crippen molar-refractivity contribution < 1.29 is 23.0 Å². The number of likely N-dealkylation sites (tertiary alicyclic amines) is 1. The number of hydrogen-bond acceptors (Lipinski definition) is 5. The number of hydrogen-bond donors (Lipinski definition) is 0. The number of rotatable bonds is 5. The van der Waals surface area contributed by atoms with Crippen LogP contribution < -0.4 is 0 Å². The van der Waals surface area contributed by atoms with Crippen LogP contribution in [0.25, 0.3) is 4.85 Å². The molecular weight excluding hydrogens is 586 g/mol. The molecule has 2 saturated heterocycles. The number of ether oxygens (including phenoxy) is 2. The second-order valence-electron chi connectivity index (χ2n) is 13.6. The maximum absolute atomic E-state index is 15.2. The van der Waals surface area contributed by atoms with Crippen LogP contribution in [0.5, 0.6) is 0 Å². The number of aromatic nitrogens is 1. The van der Waals surface area contributed by atoms with Gasteiger partial charge < -0.3 is 24.1 Å². The standard InChI is InChI=1S/C34H41ClF2N4O3/c1-20-28(35)19-27-30(39-20)34(44-31(27)33(2,3)38-4)10-12-41(13-11-34)32(42)26-18-23(40(5)22-8-14-43-15-9-22)17-25(26)24-7-6-21(36)16-29(24)37/h6-7,16,19,22-23,25-26,31H,8-15,17-18H2,1-3,5H3/t23?,25-,26+,31?/m0/s1. The van der Waals surface area contributed by atoms with Gasteiger partial charge in [0.25, 0.3) is 5.54 Å². The average Bonchev–Trinajstić information content (AvgIpc) is 3.58. The molecule has 1 saturated carbocycles. The van der Waals surface area contributed by atoms with Gasteiger partial charge in [0.2, 0.25) is 5.91 Å². The summed E-state index contributed by atoms with van der Waals surface area (Å²) in [5.74, 6) is -1.96. The molecule has 236 valence electrons. The number of halogens is 3. The van der Waals surface area contributed by atoms with Gasteiger partial charge in [0.05, 0.1) is 16.4 Å². The molecule has 1 amide bonds. The third kappa shape index (κ3) is 5.53. The Bertz CT molecular complexity index is 1470. The highest BCUT2D eigenvalue weighted by Crippen LogP contribution is 2.54. The van der Waals surface area contributed by atoms with Crippen LogP contribution in [0.15, 0.2) is 24.3 Å². The quantitative estimate of drug-likeness (QED) is 0.351. The minimum Gasteiger partial charge on any atom is -0.381 e. The second kappa shape index (κ2) is 11.9. The fourth-order valence-electron chi connectivity index (χ4n) is 7.92. The molecule has 0 radical (unpaired) electrons. The summed E-state index contributed by atoms with van der Waals surface area (Å²) >= 11 is 6.48. The molecule has 2 unspecified atom stereocenters. The Morgan fingerprint density at radius 2 is 1.84 bits per heavy atom. The van der Waals surface area contributed by atoms with Crippen LogP contribution >= 0.6 is 11.6 Å². The van der Waals surface area contributed by atoms with E-state index in [2.05, 4.69) is 16.8 Å². The number of amides is 1. The molecule has 10 heteroatoms. The summed E-state index contributed by atoms with van der Waals surface area (Å²) in [4.78, 5) is 27.3. The fourth-order valence-corrected chi connectivity index (χ4v) is 8.08. The molecule has 1 aromatic carbocycles. The molecule has 0 N–H and O–H groups in total. The van der Waals surface area contributed by atoms with Crippen LogP contribution in [-0.2, 0) is 19.9 Å². The summed E-state index contributed by atoms with van der Waals surface area (Å²) in [6.45, 7) is 15.8. The Balaban J connectivity index is 1.24. The predicted octanol–water partition coefficient (Wildman–Crippen LogP) is 6.58. The summed E-state index contributed by atoms with van der Waals surface area (Å²) in [6, 6.07) is 6.08. The zero-order chi connectivity index (χ0) is 31.4. The topological polar surface area (TPSA) is 59.3 Å². The van der Waals surface area contributed by atoms with Gasteiger partial charge in [-0.3, -0.25) is 9.78 Å². The molecule has 3 fully saturated rings. The lowest BCUT2D eigenvalue weighted by molar-refractivity contribution is -0.149. The van der Waals surface area contributed by atoms with Gasteiger partial charge in [-0.25, -0.2) is 15.4 Å². The molecule has 7 nitrogen and oxygen atoms in total. The van der Waals surface area contributed by atoms with E-state index < -0.39 is 34.8 Å². The van der Waals surface area contributed by atoms with Crippen molar-refractivity contribution in [3.8, 4) is 0 Å². The van der Waals surface area contributed by atoms with Crippen LogP contribution in [-0.4, -0.2) is 71.7 Å². The number of fused-ring (bicyclic) bond motifs is 2. The first-order valence-corrected chi connectivity index (χ1v) is 16.1. The number of carbonyl (C=O) groups excluding carboxylic acids is 1.